The van der Waals surface area contributed by atoms with E-state index in [1.165, 1.54) is 6.07 Å². The Morgan fingerprint density at radius 2 is 1.95 bits per heavy atom. The summed E-state index contributed by atoms with van der Waals surface area (Å²) in [6, 6.07) is 12.1. The second kappa shape index (κ2) is 7.22. The molecule has 2 rings (SSSR count). The zero-order valence-corrected chi connectivity index (χ0v) is 13.1. The Morgan fingerprint density at radius 1 is 1.24 bits per heavy atom. The molecule has 0 aliphatic carbocycles. The van der Waals surface area contributed by atoms with Gasteiger partial charge in [-0.1, -0.05) is 18.1 Å². The van der Waals surface area contributed by atoms with Crippen molar-refractivity contribution in [1.29, 1.82) is 0 Å². The molecule has 1 N–H and O–H groups in total. The molecule has 5 heteroatoms. The summed E-state index contributed by atoms with van der Waals surface area (Å²) in [5.74, 6) is 0.408. The second-order valence-corrected chi connectivity index (χ2v) is 5.32. The molecule has 0 saturated heterocycles. The van der Waals surface area contributed by atoms with Gasteiger partial charge >= 0.3 is 0 Å². The number of ether oxygens (including phenoxy) is 1. The van der Waals surface area contributed by atoms with E-state index in [4.69, 9.17) is 9.94 Å². The van der Waals surface area contributed by atoms with Gasteiger partial charge in [0.15, 0.2) is 0 Å². The van der Waals surface area contributed by atoms with Crippen molar-refractivity contribution < 1.29 is 14.3 Å². The van der Waals surface area contributed by atoms with E-state index < -0.39 is 0 Å². The van der Waals surface area contributed by atoms with E-state index in [1.54, 1.807) is 12.1 Å². The summed E-state index contributed by atoms with van der Waals surface area (Å²) in [4.78, 5) is 0. The molecule has 0 unspecified atom stereocenters. The fraction of sp³-hybridized carbons (Fsp3) is 0.188. The van der Waals surface area contributed by atoms with E-state index in [9.17, 15) is 4.39 Å². The summed E-state index contributed by atoms with van der Waals surface area (Å²) in [5.41, 5.74) is 2.36. The van der Waals surface area contributed by atoms with Gasteiger partial charge in [0.2, 0.25) is 0 Å². The third-order valence-electron chi connectivity index (χ3n) is 3.03. The standard InChI is InChI=1S/C16H15BrFNO2/c1-2-16(19-20)12-4-6-13(7-5-12)21-10-11-3-8-15(18)14(17)9-11/h3-9,20H,2,10H2,1H3. The molecule has 2 aromatic rings. The Hall–Kier alpha value is -1.88. The van der Waals surface area contributed by atoms with Gasteiger partial charge in [-0.15, -0.1) is 0 Å². The highest BCUT2D eigenvalue weighted by Gasteiger charge is 2.04. The first-order valence-corrected chi connectivity index (χ1v) is 7.31. The van der Waals surface area contributed by atoms with Crippen LogP contribution in [0.4, 0.5) is 4.39 Å². The third kappa shape index (κ3) is 4.04. The van der Waals surface area contributed by atoms with Crippen molar-refractivity contribution >= 4 is 21.6 Å². The molecule has 2 aromatic carbocycles. The van der Waals surface area contributed by atoms with Gasteiger partial charge in [0.25, 0.3) is 0 Å². The van der Waals surface area contributed by atoms with Gasteiger partial charge in [-0.25, -0.2) is 4.39 Å². The predicted molar refractivity (Wildman–Crippen MR) is 83.5 cm³/mol. The molecule has 0 fully saturated rings. The van der Waals surface area contributed by atoms with Crippen LogP contribution in [-0.2, 0) is 6.61 Å². The summed E-state index contributed by atoms with van der Waals surface area (Å²) in [6.07, 6.45) is 0.653. The first-order chi connectivity index (χ1) is 10.1. The van der Waals surface area contributed by atoms with Crippen molar-refractivity contribution in [1.82, 2.24) is 0 Å². The SMILES string of the molecule is CCC(=NO)c1ccc(OCc2ccc(F)c(Br)c2)cc1. The number of rotatable bonds is 5. The molecule has 0 atom stereocenters. The highest BCUT2D eigenvalue weighted by atomic mass is 79.9. The molecular weight excluding hydrogens is 337 g/mol. The summed E-state index contributed by atoms with van der Waals surface area (Å²) in [5, 5.41) is 12.1. The van der Waals surface area contributed by atoms with Gasteiger partial charge < -0.3 is 9.94 Å². The van der Waals surface area contributed by atoms with Crippen molar-refractivity contribution in [2.75, 3.05) is 0 Å². The largest absolute Gasteiger partial charge is 0.489 e. The maximum atomic E-state index is 13.1. The van der Waals surface area contributed by atoms with E-state index >= 15 is 0 Å². The van der Waals surface area contributed by atoms with Crippen molar-refractivity contribution in [3.05, 3.63) is 63.9 Å². The first kappa shape index (κ1) is 15.5. The molecule has 0 saturated carbocycles. The minimum absolute atomic E-state index is 0.293. The van der Waals surface area contributed by atoms with Crippen LogP contribution in [0.25, 0.3) is 0 Å². The number of nitrogens with zero attached hydrogens (tertiary/aromatic N) is 1. The molecule has 0 aliphatic rings. The van der Waals surface area contributed by atoms with E-state index in [2.05, 4.69) is 21.1 Å². The molecular formula is C16H15BrFNO2. The molecule has 0 bridgehead atoms. The zero-order chi connectivity index (χ0) is 15.2. The number of hydrogen-bond acceptors (Lipinski definition) is 3. The van der Waals surface area contributed by atoms with Crippen LogP contribution in [0.15, 0.2) is 52.1 Å². The van der Waals surface area contributed by atoms with Crippen LogP contribution in [0.1, 0.15) is 24.5 Å². The van der Waals surface area contributed by atoms with Crippen LogP contribution in [0.2, 0.25) is 0 Å². The van der Waals surface area contributed by atoms with Gasteiger partial charge in [-0.2, -0.15) is 0 Å². The van der Waals surface area contributed by atoms with Gasteiger partial charge in [0.05, 0.1) is 10.2 Å². The average molecular weight is 352 g/mol. The second-order valence-electron chi connectivity index (χ2n) is 4.46. The zero-order valence-electron chi connectivity index (χ0n) is 11.5. The molecule has 3 nitrogen and oxygen atoms in total. The van der Waals surface area contributed by atoms with E-state index in [0.717, 1.165) is 11.1 Å². The molecule has 0 aromatic heterocycles. The highest BCUT2D eigenvalue weighted by Crippen LogP contribution is 2.19. The monoisotopic (exact) mass is 351 g/mol. The van der Waals surface area contributed by atoms with Gasteiger partial charge in [0.1, 0.15) is 18.2 Å². The Morgan fingerprint density at radius 3 is 2.52 bits per heavy atom. The van der Waals surface area contributed by atoms with Crippen LogP contribution in [0.5, 0.6) is 5.75 Å². The van der Waals surface area contributed by atoms with Gasteiger partial charge in [-0.05, 0) is 69.9 Å². The van der Waals surface area contributed by atoms with E-state index in [1.807, 2.05) is 31.2 Å². The van der Waals surface area contributed by atoms with Crippen LogP contribution < -0.4 is 4.74 Å². The molecule has 0 heterocycles. The topological polar surface area (TPSA) is 41.8 Å². The van der Waals surface area contributed by atoms with Crippen molar-refractivity contribution in [3.8, 4) is 5.75 Å². The molecule has 0 spiro atoms. The molecule has 21 heavy (non-hydrogen) atoms. The summed E-state index contributed by atoms with van der Waals surface area (Å²) in [6.45, 7) is 2.28. The number of hydrogen-bond donors (Lipinski definition) is 1. The lowest BCUT2D eigenvalue weighted by atomic mass is 10.1. The number of oxime groups is 1. The maximum Gasteiger partial charge on any atom is 0.137 e. The maximum absolute atomic E-state index is 13.1. The highest BCUT2D eigenvalue weighted by molar-refractivity contribution is 9.10. The Kier molecular flexibility index (Phi) is 5.33. The summed E-state index contributed by atoms with van der Waals surface area (Å²) < 4.78 is 19.2. The number of benzene rings is 2. The predicted octanol–water partition coefficient (Wildman–Crippen LogP) is 4.76. The summed E-state index contributed by atoms with van der Waals surface area (Å²) in [7, 11) is 0. The quantitative estimate of drug-likeness (QED) is 0.479. The minimum atomic E-state index is -0.293. The Labute approximate surface area is 131 Å². The lowest BCUT2D eigenvalue weighted by molar-refractivity contribution is 0.306. The minimum Gasteiger partial charge on any atom is -0.489 e. The van der Waals surface area contributed by atoms with Crippen LogP contribution in [-0.4, -0.2) is 10.9 Å². The Balaban J connectivity index is 2.02. The van der Waals surface area contributed by atoms with Gasteiger partial charge in [-0.3, -0.25) is 0 Å². The average Bonchev–Trinajstić information content (AvgIpc) is 2.51. The lowest BCUT2D eigenvalue weighted by Gasteiger charge is -2.08. The first-order valence-electron chi connectivity index (χ1n) is 6.52. The number of halogens is 2. The Bertz CT molecular complexity index is 641. The van der Waals surface area contributed by atoms with Crippen LogP contribution in [0.3, 0.4) is 0 Å². The van der Waals surface area contributed by atoms with E-state index in [-0.39, 0.29) is 5.82 Å². The van der Waals surface area contributed by atoms with Crippen LogP contribution in [0, 0.1) is 5.82 Å². The van der Waals surface area contributed by atoms with Crippen molar-refractivity contribution in [2.24, 2.45) is 5.16 Å². The molecule has 0 radical (unpaired) electrons. The molecule has 0 aliphatic heterocycles. The lowest BCUT2D eigenvalue weighted by Crippen LogP contribution is -2.00. The van der Waals surface area contributed by atoms with Crippen LogP contribution >= 0.6 is 15.9 Å². The van der Waals surface area contributed by atoms with Crippen molar-refractivity contribution in [2.45, 2.75) is 20.0 Å². The summed E-state index contributed by atoms with van der Waals surface area (Å²) >= 11 is 3.15. The normalized spacial score (nSPS) is 11.5. The van der Waals surface area contributed by atoms with Crippen molar-refractivity contribution in [3.63, 3.8) is 0 Å². The third-order valence-corrected chi connectivity index (χ3v) is 3.64. The smallest absolute Gasteiger partial charge is 0.137 e. The molecule has 110 valence electrons. The van der Waals surface area contributed by atoms with E-state index in [0.29, 0.717) is 29.0 Å². The molecule has 0 amide bonds. The fourth-order valence-corrected chi connectivity index (χ4v) is 2.30. The fourth-order valence-electron chi connectivity index (χ4n) is 1.87. The van der Waals surface area contributed by atoms with Gasteiger partial charge in [0, 0.05) is 0 Å².